The van der Waals surface area contributed by atoms with Crippen molar-refractivity contribution in [3.8, 4) is 0 Å². The van der Waals surface area contributed by atoms with Gasteiger partial charge in [-0.1, -0.05) is 44.2 Å². The Balaban J connectivity index is 2.63. The molecular formula is C14H22N4. The van der Waals surface area contributed by atoms with E-state index >= 15 is 0 Å². The number of rotatable bonds is 5. The van der Waals surface area contributed by atoms with Crippen LogP contribution in [0.3, 0.4) is 0 Å². The first-order valence-corrected chi connectivity index (χ1v) is 6.31. The summed E-state index contributed by atoms with van der Waals surface area (Å²) in [6.45, 7) is 4.88. The highest BCUT2D eigenvalue weighted by Gasteiger charge is 2.07. The number of hydrogen-bond acceptors (Lipinski definition) is 1. The monoisotopic (exact) mass is 246 g/mol. The third kappa shape index (κ3) is 4.99. The van der Waals surface area contributed by atoms with E-state index in [4.69, 9.17) is 11.5 Å². The largest absolute Gasteiger partial charge is 0.370 e. The van der Waals surface area contributed by atoms with Crippen LogP contribution in [0.1, 0.15) is 25.8 Å². The van der Waals surface area contributed by atoms with Crippen molar-refractivity contribution in [1.29, 1.82) is 0 Å². The van der Waals surface area contributed by atoms with Gasteiger partial charge in [0.25, 0.3) is 0 Å². The summed E-state index contributed by atoms with van der Waals surface area (Å²) in [7, 11) is 0. The van der Waals surface area contributed by atoms with E-state index in [0.717, 1.165) is 18.7 Å². The van der Waals surface area contributed by atoms with Crippen molar-refractivity contribution in [1.82, 2.24) is 0 Å². The second-order valence-corrected chi connectivity index (χ2v) is 4.32. The second kappa shape index (κ2) is 7.48. The summed E-state index contributed by atoms with van der Waals surface area (Å²) in [4.78, 5) is 8.60. The van der Waals surface area contributed by atoms with Crippen LogP contribution in [0.5, 0.6) is 0 Å². The van der Waals surface area contributed by atoms with E-state index < -0.39 is 0 Å². The van der Waals surface area contributed by atoms with Crippen LogP contribution in [0, 0.1) is 5.92 Å². The van der Waals surface area contributed by atoms with Crippen molar-refractivity contribution in [2.24, 2.45) is 27.4 Å². The van der Waals surface area contributed by atoms with Crippen LogP contribution in [0.15, 0.2) is 40.3 Å². The molecule has 0 aliphatic rings. The Morgan fingerprint density at radius 3 is 2.44 bits per heavy atom. The Morgan fingerprint density at radius 2 is 1.89 bits per heavy atom. The maximum absolute atomic E-state index is 5.42. The average Bonchev–Trinajstić information content (AvgIpc) is 2.37. The maximum atomic E-state index is 5.42. The van der Waals surface area contributed by atoms with Gasteiger partial charge in [0.05, 0.1) is 0 Å². The number of nitrogens with two attached hydrogens (primary N) is 2. The zero-order valence-electron chi connectivity index (χ0n) is 11.1. The molecule has 1 rings (SSSR count). The maximum Gasteiger partial charge on any atom is 0.192 e. The normalized spacial score (nSPS) is 13.1. The lowest BCUT2D eigenvalue weighted by atomic mass is 10.1. The summed E-state index contributed by atoms with van der Waals surface area (Å²) >= 11 is 0. The van der Waals surface area contributed by atoms with E-state index in [1.165, 1.54) is 5.56 Å². The van der Waals surface area contributed by atoms with Gasteiger partial charge in [-0.25, -0.2) is 4.99 Å². The molecule has 18 heavy (non-hydrogen) atoms. The summed E-state index contributed by atoms with van der Waals surface area (Å²) < 4.78 is 0. The highest BCUT2D eigenvalue weighted by atomic mass is 15.0. The Bertz CT molecular complexity index is 405. The van der Waals surface area contributed by atoms with Gasteiger partial charge in [-0.3, -0.25) is 4.99 Å². The van der Waals surface area contributed by atoms with Crippen LogP contribution in [0.4, 0.5) is 0 Å². The van der Waals surface area contributed by atoms with Crippen molar-refractivity contribution in [3.05, 3.63) is 35.9 Å². The molecule has 0 aliphatic heterocycles. The van der Waals surface area contributed by atoms with Gasteiger partial charge < -0.3 is 11.5 Å². The molecule has 4 nitrogen and oxygen atoms in total. The van der Waals surface area contributed by atoms with Gasteiger partial charge in [0.15, 0.2) is 5.96 Å². The molecule has 0 aliphatic carbocycles. The van der Waals surface area contributed by atoms with E-state index in [1.807, 2.05) is 18.2 Å². The number of aliphatic imine (C=N–C) groups is 2. The molecular weight excluding hydrogens is 224 g/mol. The molecule has 4 heteroatoms. The smallest absolute Gasteiger partial charge is 0.192 e. The quantitative estimate of drug-likeness (QED) is 0.615. The van der Waals surface area contributed by atoms with Gasteiger partial charge in [0.1, 0.15) is 5.84 Å². The zero-order valence-corrected chi connectivity index (χ0v) is 11.1. The first kappa shape index (κ1) is 14.2. The lowest BCUT2D eigenvalue weighted by Crippen LogP contribution is -2.26. The van der Waals surface area contributed by atoms with E-state index in [1.54, 1.807) is 0 Å². The molecule has 0 amide bonds. The third-order valence-corrected chi connectivity index (χ3v) is 2.81. The average molecular weight is 246 g/mol. The molecule has 0 fully saturated rings. The predicted molar refractivity (Wildman–Crippen MR) is 77.7 cm³/mol. The summed E-state index contributed by atoms with van der Waals surface area (Å²) in [6, 6.07) is 10.3. The van der Waals surface area contributed by atoms with Gasteiger partial charge in [0, 0.05) is 12.5 Å². The molecule has 1 unspecified atom stereocenters. The number of amidine groups is 1. The van der Waals surface area contributed by atoms with Gasteiger partial charge in [-0.05, 0) is 18.4 Å². The van der Waals surface area contributed by atoms with Gasteiger partial charge in [-0.15, -0.1) is 0 Å². The van der Waals surface area contributed by atoms with E-state index in [0.29, 0.717) is 6.54 Å². The van der Waals surface area contributed by atoms with Crippen molar-refractivity contribution in [2.75, 3.05) is 6.54 Å². The van der Waals surface area contributed by atoms with Crippen molar-refractivity contribution in [3.63, 3.8) is 0 Å². The van der Waals surface area contributed by atoms with Crippen LogP contribution < -0.4 is 11.5 Å². The second-order valence-electron chi connectivity index (χ2n) is 4.32. The van der Waals surface area contributed by atoms with Crippen molar-refractivity contribution in [2.45, 2.75) is 26.7 Å². The van der Waals surface area contributed by atoms with Crippen LogP contribution in [0.25, 0.3) is 0 Å². The van der Waals surface area contributed by atoms with E-state index in [9.17, 15) is 0 Å². The summed E-state index contributed by atoms with van der Waals surface area (Å²) in [5.41, 5.74) is 12.1. The SMILES string of the molecule is CCC(C)C(N=C(N)N)=NCCc1ccccc1. The van der Waals surface area contributed by atoms with Gasteiger partial charge in [-0.2, -0.15) is 0 Å². The molecule has 4 N–H and O–H groups in total. The molecule has 0 radical (unpaired) electrons. The van der Waals surface area contributed by atoms with Crippen LogP contribution >= 0.6 is 0 Å². The van der Waals surface area contributed by atoms with Crippen LogP contribution in [0.2, 0.25) is 0 Å². The minimum Gasteiger partial charge on any atom is -0.370 e. The minimum atomic E-state index is 0.0776. The number of benzene rings is 1. The van der Waals surface area contributed by atoms with Crippen molar-refractivity contribution >= 4 is 11.8 Å². The molecule has 1 aromatic carbocycles. The molecule has 0 spiro atoms. The highest BCUT2D eigenvalue weighted by molar-refractivity contribution is 5.95. The van der Waals surface area contributed by atoms with Crippen LogP contribution in [-0.2, 0) is 6.42 Å². The standard InChI is InChI=1S/C14H22N4/c1-3-11(2)13(18-14(15)16)17-10-9-12-7-5-4-6-8-12/h4-8,11H,3,9-10H2,1-2H3,(H4,15,16,17,18). The molecule has 0 saturated carbocycles. The molecule has 0 aromatic heterocycles. The molecule has 0 saturated heterocycles. The first-order valence-electron chi connectivity index (χ1n) is 6.31. The first-order chi connectivity index (χ1) is 8.63. The van der Waals surface area contributed by atoms with Crippen molar-refractivity contribution < 1.29 is 0 Å². The lowest BCUT2D eigenvalue weighted by Gasteiger charge is -2.08. The lowest BCUT2D eigenvalue weighted by molar-refractivity contribution is 0.725. The summed E-state index contributed by atoms with van der Waals surface area (Å²) in [5, 5.41) is 0. The fourth-order valence-corrected chi connectivity index (χ4v) is 1.56. The zero-order chi connectivity index (χ0) is 13.4. The Kier molecular flexibility index (Phi) is 5.91. The predicted octanol–water partition coefficient (Wildman–Crippen LogP) is 1.95. The topological polar surface area (TPSA) is 76.8 Å². The summed E-state index contributed by atoms with van der Waals surface area (Å²) in [6.07, 6.45) is 1.88. The molecule has 1 atom stereocenters. The molecule has 1 aromatic rings. The number of nitrogens with zero attached hydrogens (tertiary/aromatic N) is 2. The van der Waals surface area contributed by atoms with E-state index in [2.05, 4.69) is 36.0 Å². The molecule has 0 heterocycles. The van der Waals surface area contributed by atoms with Gasteiger partial charge >= 0.3 is 0 Å². The Morgan fingerprint density at radius 1 is 1.22 bits per heavy atom. The van der Waals surface area contributed by atoms with E-state index in [-0.39, 0.29) is 11.9 Å². The minimum absolute atomic E-state index is 0.0776. The molecule has 98 valence electrons. The number of hydrogen-bond donors (Lipinski definition) is 2. The summed E-state index contributed by atoms with van der Waals surface area (Å²) in [5.74, 6) is 1.10. The van der Waals surface area contributed by atoms with Crippen LogP contribution in [-0.4, -0.2) is 18.3 Å². The highest BCUT2D eigenvalue weighted by Crippen LogP contribution is 2.06. The molecule has 0 bridgehead atoms. The third-order valence-electron chi connectivity index (χ3n) is 2.81. The Hall–Kier alpha value is -1.84. The fourth-order valence-electron chi connectivity index (χ4n) is 1.56. The fraction of sp³-hybridized carbons (Fsp3) is 0.429. The number of guanidine groups is 1. The van der Waals surface area contributed by atoms with Gasteiger partial charge in [0.2, 0.25) is 0 Å². The Labute approximate surface area is 109 Å².